The van der Waals surface area contributed by atoms with Gasteiger partial charge in [-0.3, -0.25) is 4.79 Å². The molecule has 3 saturated heterocycles. The van der Waals surface area contributed by atoms with E-state index < -0.39 is 0 Å². The average Bonchev–Trinajstić information content (AvgIpc) is 3.42. The summed E-state index contributed by atoms with van der Waals surface area (Å²) in [6.07, 6.45) is 7.04. The molecule has 5 heterocycles. The first-order valence-corrected chi connectivity index (χ1v) is 9.59. The van der Waals surface area contributed by atoms with Gasteiger partial charge in [-0.05, 0) is 32.8 Å². The number of amides is 1. The molecule has 2 bridgehead atoms. The third kappa shape index (κ3) is 2.56. The molecular weight excluding hydrogens is 344 g/mol. The number of rotatable bonds is 4. The van der Waals surface area contributed by atoms with Crippen LogP contribution < -0.4 is 10.2 Å². The van der Waals surface area contributed by atoms with E-state index in [0.29, 0.717) is 23.9 Å². The van der Waals surface area contributed by atoms with E-state index in [4.69, 9.17) is 9.15 Å². The van der Waals surface area contributed by atoms with Crippen LogP contribution in [0.25, 0.3) is 0 Å². The van der Waals surface area contributed by atoms with Crippen LogP contribution in [-0.2, 0) is 4.74 Å². The molecule has 4 atom stereocenters. The fourth-order valence-corrected chi connectivity index (χ4v) is 5.18. The maximum absolute atomic E-state index is 12.3. The number of aromatic nitrogens is 2. The molecular formula is C20H24N4O3. The monoisotopic (exact) mass is 368 g/mol. The Morgan fingerprint density at radius 2 is 2.30 bits per heavy atom. The molecule has 2 aromatic heterocycles. The van der Waals surface area contributed by atoms with Crippen molar-refractivity contribution >= 4 is 11.7 Å². The Kier molecular flexibility index (Phi) is 3.75. The van der Waals surface area contributed by atoms with Crippen molar-refractivity contribution in [1.82, 2.24) is 15.3 Å². The number of nitrogens with zero attached hydrogens (tertiary/aromatic N) is 3. The number of anilines is 1. The van der Waals surface area contributed by atoms with Crippen LogP contribution in [0.3, 0.4) is 0 Å². The molecule has 1 N–H and O–H groups in total. The smallest absolute Gasteiger partial charge is 0.254 e. The topological polar surface area (TPSA) is 80.5 Å². The predicted octanol–water partition coefficient (Wildman–Crippen LogP) is 2.10. The van der Waals surface area contributed by atoms with Crippen LogP contribution in [-0.4, -0.2) is 47.2 Å². The summed E-state index contributed by atoms with van der Waals surface area (Å²) in [6.45, 7) is 6.53. The predicted molar refractivity (Wildman–Crippen MR) is 98.6 cm³/mol. The molecule has 1 amide bonds. The molecule has 1 spiro atoms. The summed E-state index contributed by atoms with van der Waals surface area (Å²) in [6, 6.07) is 1.69. The lowest BCUT2D eigenvalue weighted by Crippen LogP contribution is -2.41. The van der Waals surface area contributed by atoms with Gasteiger partial charge in [-0.25, -0.2) is 9.97 Å². The third-order valence-electron chi connectivity index (χ3n) is 6.67. The maximum atomic E-state index is 12.3. The molecule has 0 radical (unpaired) electrons. The van der Waals surface area contributed by atoms with Crippen molar-refractivity contribution in [3.05, 3.63) is 41.7 Å². The molecule has 3 fully saturated rings. The van der Waals surface area contributed by atoms with Crippen molar-refractivity contribution in [2.24, 2.45) is 11.8 Å². The number of hydrogen-bond acceptors (Lipinski definition) is 6. The number of hydrogen-bond donors (Lipinski definition) is 1. The first kappa shape index (κ1) is 16.7. The highest BCUT2D eigenvalue weighted by Crippen LogP contribution is 2.55. The van der Waals surface area contributed by atoms with E-state index in [9.17, 15) is 4.79 Å². The molecule has 0 saturated carbocycles. The largest absolute Gasteiger partial charge is 0.472 e. The van der Waals surface area contributed by atoms with E-state index in [1.165, 1.54) is 12.5 Å². The summed E-state index contributed by atoms with van der Waals surface area (Å²) < 4.78 is 11.5. The minimum absolute atomic E-state index is 0.0855. The quantitative estimate of drug-likeness (QED) is 0.890. The maximum Gasteiger partial charge on any atom is 0.254 e. The molecule has 0 aliphatic carbocycles. The summed E-state index contributed by atoms with van der Waals surface area (Å²) in [5.74, 6) is 1.68. The van der Waals surface area contributed by atoms with Crippen LogP contribution >= 0.6 is 0 Å². The zero-order valence-corrected chi connectivity index (χ0v) is 15.6. The fourth-order valence-electron chi connectivity index (χ4n) is 5.18. The van der Waals surface area contributed by atoms with Crippen LogP contribution in [0.5, 0.6) is 0 Å². The lowest BCUT2D eigenvalue weighted by atomic mass is 9.73. The van der Waals surface area contributed by atoms with Crippen molar-refractivity contribution in [1.29, 1.82) is 0 Å². The van der Waals surface area contributed by atoms with E-state index in [0.717, 1.165) is 43.0 Å². The number of carbonyl (C=O) groups excluding carboxylic acids is 1. The van der Waals surface area contributed by atoms with Crippen molar-refractivity contribution < 1.29 is 13.9 Å². The Labute approximate surface area is 158 Å². The number of furan rings is 1. The lowest BCUT2D eigenvalue weighted by Gasteiger charge is -2.29. The van der Waals surface area contributed by atoms with Gasteiger partial charge in [0.2, 0.25) is 0 Å². The molecule has 0 aromatic carbocycles. The van der Waals surface area contributed by atoms with Gasteiger partial charge in [0, 0.05) is 42.7 Å². The van der Waals surface area contributed by atoms with Crippen molar-refractivity contribution in [2.75, 3.05) is 24.5 Å². The zero-order valence-electron chi connectivity index (χ0n) is 15.6. The van der Waals surface area contributed by atoms with Crippen LogP contribution in [0.15, 0.2) is 29.3 Å². The molecule has 5 rings (SSSR count). The first-order valence-electron chi connectivity index (χ1n) is 9.59. The van der Waals surface area contributed by atoms with Gasteiger partial charge in [-0.1, -0.05) is 0 Å². The first-order chi connectivity index (χ1) is 13.1. The molecule has 3 aliphatic heterocycles. The second-order valence-corrected chi connectivity index (χ2v) is 8.04. The molecule has 2 aromatic rings. The number of nitrogens with one attached hydrogen (secondary N) is 1. The molecule has 0 unspecified atom stereocenters. The van der Waals surface area contributed by atoms with Gasteiger partial charge in [-0.2, -0.15) is 0 Å². The number of aryl methyl sites for hydroxylation is 1. The zero-order chi connectivity index (χ0) is 18.6. The minimum atomic E-state index is -0.0962. The molecule has 7 heteroatoms. The van der Waals surface area contributed by atoms with Crippen LogP contribution in [0.1, 0.15) is 34.5 Å². The minimum Gasteiger partial charge on any atom is -0.472 e. The van der Waals surface area contributed by atoms with Crippen LogP contribution in [0, 0.1) is 25.7 Å². The van der Waals surface area contributed by atoms with Crippen molar-refractivity contribution in [3.63, 3.8) is 0 Å². The summed E-state index contributed by atoms with van der Waals surface area (Å²) in [5, 5.41) is 3.07. The van der Waals surface area contributed by atoms with Gasteiger partial charge in [-0.15, -0.1) is 0 Å². The standard InChI is InChI=1S/C20H24N4O3/c1-12-13(2)22-11-23-18(12)24-8-16-15(17-3-5-20(16,10-24)27-17)7-21-19(25)14-4-6-26-9-14/h4,6,9,11,15-17H,3,5,7-8,10H2,1-2H3,(H,21,25)/t15-,16+,17+,20+/m0/s1. The Morgan fingerprint density at radius 3 is 3.11 bits per heavy atom. The molecule has 3 aliphatic rings. The highest BCUT2D eigenvalue weighted by atomic mass is 16.5. The molecule has 142 valence electrons. The van der Waals surface area contributed by atoms with Gasteiger partial charge in [0.15, 0.2) is 0 Å². The van der Waals surface area contributed by atoms with Crippen LogP contribution in [0.2, 0.25) is 0 Å². The lowest BCUT2D eigenvalue weighted by molar-refractivity contribution is 0.0141. The van der Waals surface area contributed by atoms with E-state index in [2.05, 4.69) is 27.1 Å². The number of carbonyl (C=O) groups is 1. The third-order valence-corrected chi connectivity index (χ3v) is 6.67. The summed E-state index contributed by atoms with van der Waals surface area (Å²) in [7, 11) is 0. The summed E-state index contributed by atoms with van der Waals surface area (Å²) in [4.78, 5) is 23.5. The van der Waals surface area contributed by atoms with Crippen molar-refractivity contribution in [3.8, 4) is 0 Å². The molecule has 7 nitrogen and oxygen atoms in total. The second-order valence-electron chi connectivity index (χ2n) is 8.04. The fraction of sp³-hybridized carbons (Fsp3) is 0.550. The van der Waals surface area contributed by atoms with Gasteiger partial charge < -0.3 is 19.4 Å². The van der Waals surface area contributed by atoms with Crippen LogP contribution in [0.4, 0.5) is 5.82 Å². The van der Waals surface area contributed by atoms with E-state index in [-0.39, 0.29) is 17.6 Å². The Balaban J connectivity index is 1.33. The average molecular weight is 368 g/mol. The van der Waals surface area contributed by atoms with Gasteiger partial charge in [0.1, 0.15) is 18.4 Å². The highest BCUT2D eigenvalue weighted by Gasteiger charge is 2.63. The SMILES string of the molecule is Cc1ncnc(N2C[C@@H]3[C@H](CNC(=O)c4ccoc4)[C@H]4CC[C@]3(C2)O4)c1C. The normalized spacial score (nSPS) is 31.3. The second kappa shape index (κ2) is 6.05. The van der Waals surface area contributed by atoms with E-state index in [1.54, 1.807) is 12.4 Å². The van der Waals surface area contributed by atoms with Gasteiger partial charge in [0.05, 0.1) is 23.5 Å². The van der Waals surface area contributed by atoms with Gasteiger partial charge >= 0.3 is 0 Å². The van der Waals surface area contributed by atoms with Gasteiger partial charge in [0.25, 0.3) is 5.91 Å². The number of fused-ring (bicyclic) bond motifs is 1. The van der Waals surface area contributed by atoms with E-state index >= 15 is 0 Å². The summed E-state index contributed by atoms with van der Waals surface area (Å²) >= 11 is 0. The Bertz CT molecular complexity index is 868. The Hall–Kier alpha value is -2.41. The highest BCUT2D eigenvalue weighted by molar-refractivity contribution is 5.93. The Morgan fingerprint density at radius 1 is 1.41 bits per heavy atom. The molecule has 27 heavy (non-hydrogen) atoms. The van der Waals surface area contributed by atoms with E-state index in [1.807, 2.05) is 6.92 Å². The number of ether oxygens (including phenoxy) is 1. The summed E-state index contributed by atoms with van der Waals surface area (Å²) in [5.41, 5.74) is 2.62. The van der Waals surface area contributed by atoms with Crippen molar-refractivity contribution in [2.45, 2.75) is 38.4 Å².